The van der Waals surface area contributed by atoms with Gasteiger partial charge in [-0.1, -0.05) is 42.5 Å². The molecule has 2 amide bonds. The Kier molecular flexibility index (Phi) is 11.4. The third-order valence-electron chi connectivity index (χ3n) is 4.66. The highest BCUT2D eigenvalue weighted by atomic mass is 16.6. The van der Waals surface area contributed by atoms with Crippen molar-refractivity contribution in [3.05, 3.63) is 65.7 Å². The van der Waals surface area contributed by atoms with Crippen LogP contribution in [0, 0.1) is 0 Å². The van der Waals surface area contributed by atoms with Crippen molar-refractivity contribution in [3.8, 4) is 5.75 Å². The third kappa shape index (κ3) is 11.9. The normalized spacial score (nSPS) is 11.6. The summed E-state index contributed by atoms with van der Waals surface area (Å²) in [5.41, 5.74) is 0.768. The van der Waals surface area contributed by atoms with Crippen LogP contribution < -0.4 is 15.4 Å². The van der Waals surface area contributed by atoms with Gasteiger partial charge < -0.3 is 29.6 Å². The smallest absolute Gasteiger partial charge is 0.407 e. The van der Waals surface area contributed by atoms with Gasteiger partial charge in [-0.25, -0.2) is 14.4 Å². The van der Waals surface area contributed by atoms with E-state index in [4.69, 9.17) is 18.9 Å². The summed E-state index contributed by atoms with van der Waals surface area (Å²) in [4.78, 5) is 48.7. The molecular weight excluding hydrogens is 480 g/mol. The van der Waals surface area contributed by atoms with Crippen LogP contribution in [0.15, 0.2) is 54.6 Å². The van der Waals surface area contributed by atoms with E-state index in [1.54, 1.807) is 52.0 Å². The summed E-state index contributed by atoms with van der Waals surface area (Å²) >= 11 is 0. The number of hydrogen-bond donors (Lipinski definition) is 2. The van der Waals surface area contributed by atoms with Gasteiger partial charge in [-0.2, -0.15) is 0 Å². The van der Waals surface area contributed by atoms with Crippen LogP contribution in [0.2, 0.25) is 0 Å². The maximum atomic E-state index is 12.8. The van der Waals surface area contributed by atoms with E-state index >= 15 is 0 Å². The molecule has 0 aliphatic rings. The first kappa shape index (κ1) is 29.2. The molecule has 0 aliphatic heterocycles. The molecule has 0 fully saturated rings. The highest BCUT2D eigenvalue weighted by Crippen LogP contribution is 2.16. The van der Waals surface area contributed by atoms with Gasteiger partial charge in [0.1, 0.15) is 30.5 Å². The van der Waals surface area contributed by atoms with Gasteiger partial charge in [-0.15, -0.1) is 0 Å². The minimum absolute atomic E-state index is 0.0638. The van der Waals surface area contributed by atoms with Crippen molar-refractivity contribution in [1.29, 1.82) is 0 Å². The van der Waals surface area contributed by atoms with Crippen molar-refractivity contribution in [2.75, 3.05) is 19.8 Å². The van der Waals surface area contributed by atoms with Crippen molar-refractivity contribution < 1.29 is 38.1 Å². The average Bonchev–Trinajstić information content (AvgIpc) is 2.85. The molecule has 2 rings (SSSR count). The Hall–Kier alpha value is -4.08. The van der Waals surface area contributed by atoms with Gasteiger partial charge in [-0.3, -0.25) is 4.79 Å². The second kappa shape index (κ2) is 14.5. The molecule has 2 N–H and O–H groups in total. The largest absolute Gasteiger partial charge is 0.482 e. The Balaban J connectivity index is 1.93. The highest BCUT2D eigenvalue weighted by Gasteiger charge is 2.27. The number of benzene rings is 2. The summed E-state index contributed by atoms with van der Waals surface area (Å²) in [5.74, 6) is -1.22. The molecule has 10 nitrogen and oxygen atoms in total. The SMILES string of the molecule is CCOC(=O)COc1ccc(C[C@H](NC(=O)CNC(=O)OCc2ccccc2)C(=O)OC(C)(C)C)cc1. The summed E-state index contributed by atoms with van der Waals surface area (Å²) in [5, 5.41) is 4.98. The van der Waals surface area contributed by atoms with Gasteiger partial charge in [0.15, 0.2) is 6.61 Å². The van der Waals surface area contributed by atoms with Crippen molar-refractivity contribution in [2.24, 2.45) is 0 Å². The molecule has 0 saturated carbocycles. The molecule has 0 spiro atoms. The molecule has 0 heterocycles. The zero-order valence-electron chi connectivity index (χ0n) is 21.6. The molecule has 0 bridgehead atoms. The summed E-state index contributed by atoms with van der Waals surface area (Å²) in [7, 11) is 0. The predicted molar refractivity (Wildman–Crippen MR) is 135 cm³/mol. The van der Waals surface area contributed by atoms with E-state index in [0.29, 0.717) is 5.75 Å². The molecule has 0 radical (unpaired) electrons. The minimum atomic E-state index is -1.000. The molecule has 10 heteroatoms. The highest BCUT2D eigenvalue weighted by molar-refractivity contribution is 5.87. The van der Waals surface area contributed by atoms with Crippen LogP contribution in [0.4, 0.5) is 4.79 Å². The quantitative estimate of drug-likeness (QED) is 0.327. The van der Waals surface area contributed by atoms with Crippen LogP contribution >= 0.6 is 0 Å². The zero-order valence-corrected chi connectivity index (χ0v) is 21.6. The first-order chi connectivity index (χ1) is 17.6. The monoisotopic (exact) mass is 514 g/mol. The Labute approximate surface area is 216 Å². The van der Waals surface area contributed by atoms with Crippen LogP contribution in [-0.2, 0) is 41.6 Å². The number of alkyl carbamates (subject to hydrolysis) is 1. The van der Waals surface area contributed by atoms with E-state index in [-0.39, 0.29) is 32.8 Å². The molecule has 2 aromatic carbocycles. The third-order valence-corrected chi connectivity index (χ3v) is 4.66. The standard InChI is InChI=1S/C27H34N2O8/c1-5-34-24(31)18-35-21-13-11-19(12-14-21)15-22(25(32)37-27(2,3)4)29-23(30)16-28-26(33)36-17-20-9-7-6-8-10-20/h6-14,22H,5,15-18H2,1-4H3,(H,28,33)(H,29,30)/t22-/m0/s1. The molecule has 0 saturated heterocycles. The van der Waals surface area contributed by atoms with Gasteiger partial charge in [0, 0.05) is 6.42 Å². The average molecular weight is 515 g/mol. The lowest BCUT2D eigenvalue weighted by Crippen LogP contribution is -2.48. The second-order valence-corrected chi connectivity index (χ2v) is 9.01. The predicted octanol–water partition coefficient (Wildman–Crippen LogP) is 2.92. The van der Waals surface area contributed by atoms with Gasteiger partial charge in [-0.05, 0) is 51.0 Å². The van der Waals surface area contributed by atoms with Crippen LogP contribution in [0.1, 0.15) is 38.8 Å². The Bertz CT molecular complexity index is 1030. The van der Waals surface area contributed by atoms with Crippen LogP contribution in [0.3, 0.4) is 0 Å². The fraction of sp³-hybridized carbons (Fsp3) is 0.407. The van der Waals surface area contributed by atoms with Crippen LogP contribution in [0.25, 0.3) is 0 Å². The molecule has 2 aromatic rings. The summed E-state index contributed by atoms with van der Waals surface area (Å²) < 4.78 is 20.7. The number of carbonyl (C=O) groups is 4. The first-order valence-electron chi connectivity index (χ1n) is 11.9. The van der Waals surface area contributed by atoms with Crippen LogP contribution in [-0.4, -0.2) is 55.3 Å². The second-order valence-electron chi connectivity index (χ2n) is 9.01. The van der Waals surface area contributed by atoms with Crippen molar-refractivity contribution in [1.82, 2.24) is 10.6 Å². The molecule has 0 unspecified atom stereocenters. The van der Waals surface area contributed by atoms with Crippen molar-refractivity contribution in [3.63, 3.8) is 0 Å². The lowest BCUT2D eigenvalue weighted by molar-refractivity contribution is -0.158. The van der Waals surface area contributed by atoms with E-state index in [0.717, 1.165) is 11.1 Å². The maximum absolute atomic E-state index is 12.8. The van der Waals surface area contributed by atoms with Crippen molar-refractivity contribution >= 4 is 23.9 Å². The molecule has 200 valence electrons. The summed E-state index contributed by atoms with van der Waals surface area (Å²) in [6.45, 7) is 6.62. The first-order valence-corrected chi connectivity index (χ1v) is 11.9. The molecule has 37 heavy (non-hydrogen) atoms. The maximum Gasteiger partial charge on any atom is 0.407 e. The van der Waals surface area contributed by atoms with Gasteiger partial charge in [0.05, 0.1) is 6.61 Å². The number of esters is 2. The van der Waals surface area contributed by atoms with Gasteiger partial charge >= 0.3 is 18.0 Å². The summed E-state index contributed by atoms with van der Waals surface area (Å²) in [6, 6.07) is 14.8. The number of ether oxygens (including phenoxy) is 4. The van der Waals surface area contributed by atoms with Gasteiger partial charge in [0.2, 0.25) is 5.91 Å². The minimum Gasteiger partial charge on any atom is -0.482 e. The van der Waals surface area contributed by atoms with Gasteiger partial charge in [0.25, 0.3) is 0 Å². The number of nitrogens with one attached hydrogen (secondary N) is 2. The van der Waals surface area contributed by atoms with Crippen molar-refractivity contribution in [2.45, 2.75) is 52.4 Å². The van der Waals surface area contributed by atoms with E-state index in [2.05, 4.69) is 10.6 Å². The molecule has 0 aromatic heterocycles. The topological polar surface area (TPSA) is 129 Å². The van der Waals surface area contributed by atoms with Crippen LogP contribution in [0.5, 0.6) is 5.75 Å². The van der Waals surface area contributed by atoms with E-state index in [1.807, 2.05) is 30.3 Å². The lowest BCUT2D eigenvalue weighted by Gasteiger charge is -2.24. The molecular formula is C27H34N2O8. The van der Waals surface area contributed by atoms with E-state index in [1.165, 1.54) is 0 Å². The fourth-order valence-electron chi connectivity index (χ4n) is 3.04. The molecule has 0 aliphatic carbocycles. The Morgan fingerprint density at radius 3 is 2.19 bits per heavy atom. The number of amides is 2. The number of hydrogen-bond acceptors (Lipinski definition) is 8. The van der Waals surface area contributed by atoms with E-state index in [9.17, 15) is 19.2 Å². The van der Waals surface area contributed by atoms with E-state index < -0.39 is 35.6 Å². The Morgan fingerprint density at radius 1 is 0.892 bits per heavy atom. The lowest BCUT2D eigenvalue weighted by atomic mass is 10.1. The summed E-state index contributed by atoms with van der Waals surface area (Å²) in [6.07, 6.45) is -0.622. The number of carbonyl (C=O) groups excluding carboxylic acids is 4. The molecule has 1 atom stereocenters. The zero-order chi connectivity index (χ0) is 27.3. The number of rotatable bonds is 12. The fourth-order valence-corrected chi connectivity index (χ4v) is 3.04. The Morgan fingerprint density at radius 2 is 1.57 bits per heavy atom.